The van der Waals surface area contributed by atoms with E-state index in [9.17, 15) is 17.2 Å². The van der Waals surface area contributed by atoms with Crippen molar-refractivity contribution in [1.82, 2.24) is 0 Å². The summed E-state index contributed by atoms with van der Waals surface area (Å²) in [6.45, 7) is 1.48. The first-order valence-corrected chi connectivity index (χ1v) is 7.60. The first-order valence-electron chi connectivity index (χ1n) is 5.74. The van der Waals surface area contributed by atoms with Gasteiger partial charge in [0.25, 0.3) is 10.0 Å². The number of sulfonamides is 1. The van der Waals surface area contributed by atoms with Crippen LogP contribution in [0.1, 0.15) is 5.56 Å². The van der Waals surface area contributed by atoms with Gasteiger partial charge in [0, 0.05) is 11.4 Å². The summed E-state index contributed by atoms with van der Waals surface area (Å²) in [6, 6.07) is 5.69. The van der Waals surface area contributed by atoms with Gasteiger partial charge < -0.3 is 5.73 Å². The molecule has 0 saturated carbocycles. The van der Waals surface area contributed by atoms with Gasteiger partial charge in [-0.1, -0.05) is 11.6 Å². The van der Waals surface area contributed by atoms with Crippen molar-refractivity contribution in [2.45, 2.75) is 11.8 Å². The summed E-state index contributed by atoms with van der Waals surface area (Å²) in [5.41, 5.74) is 5.84. The van der Waals surface area contributed by atoms with Crippen molar-refractivity contribution in [1.29, 1.82) is 0 Å². The molecule has 112 valence electrons. The fourth-order valence-electron chi connectivity index (χ4n) is 1.70. The van der Waals surface area contributed by atoms with Gasteiger partial charge in [0.1, 0.15) is 10.7 Å². The zero-order chi connectivity index (χ0) is 15.8. The summed E-state index contributed by atoms with van der Waals surface area (Å²) in [4.78, 5) is -0.672. The predicted molar refractivity (Wildman–Crippen MR) is 77.8 cm³/mol. The number of hydrogen-bond donors (Lipinski definition) is 2. The lowest BCUT2D eigenvalue weighted by molar-refractivity contribution is 0.570. The lowest BCUT2D eigenvalue weighted by atomic mass is 10.2. The maximum atomic E-state index is 13.9. The van der Waals surface area contributed by atoms with Crippen LogP contribution in [0.15, 0.2) is 35.2 Å². The maximum absolute atomic E-state index is 13.9. The standard InChI is InChI=1S/C13H11ClF2N2O2S/c1-7-4-9(2-3-11(7)15)18-21(19,20)12-6-8(17)5-10(14)13(12)16/h2-6,18H,17H2,1H3. The molecule has 0 heterocycles. The molecule has 21 heavy (non-hydrogen) atoms. The van der Waals surface area contributed by atoms with Crippen LogP contribution < -0.4 is 10.5 Å². The Balaban J connectivity index is 2.45. The minimum absolute atomic E-state index is 0.0112. The third-order valence-corrected chi connectivity index (χ3v) is 4.37. The lowest BCUT2D eigenvalue weighted by Gasteiger charge is -2.11. The summed E-state index contributed by atoms with van der Waals surface area (Å²) in [6.07, 6.45) is 0. The number of rotatable bonds is 3. The fourth-order valence-corrected chi connectivity index (χ4v) is 3.17. The van der Waals surface area contributed by atoms with Gasteiger partial charge in [0.2, 0.25) is 0 Å². The van der Waals surface area contributed by atoms with Gasteiger partial charge in [-0.05, 0) is 42.8 Å². The predicted octanol–water partition coefficient (Wildman–Crippen LogP) is 3.31. The Morgan fingerprint density at radius 1 is 1.19 bits per heavy atom. The maximum Gasteiger partial charge on any atom is 0.264 e. The van der Waals surface area contributed by atoms with Crippen LogP contribution in [-0.2, 0) is 10.0 Å². The first kappa shape index (κ1) is 15.5. The van der Waals surface area contributed by atoms with Gasteiger partial charge >= 0.3 is 0 Å². The Morgan fingerprint density at radius 3 is 2.48 bits per heavy atom. The quantitative estimate of drug-likeness (QED) is 0.847. The van der Waals surface area contributed by atoms with Crippen LogP contribution in [0.2, 0.25) is 5.02 Å². The van der Waals surface area contributed by atoms with Crippen molar-refractivity contribution in [3.8, 4) is 0 Å². The molecule has 0 saturated heterocycles. The van der Waals surface area contributed by atoms with E-state index in [0.29, 0.717) is 0 Å². The molecule has 0 fully saturated rings. The number of nitrogen functional groups attached to an aromatic ring is 1. The highest BCUT2D eigenvalue weighted by Gasteiger charge is 2.22. The molecule has 0 aliphatic carbocycles. The summed E-state index contributed by atoms with van der Waals surface area (Å²) in [5.74, 6) is -1.58. The Labute approximate surface area is 125 Å². The summed E-state index contributed by atoms with van der Waals surface area (Å²) < 4.78 is 53.5. The van der Waals surface area contributed by atoms with Crippen molar-refractivity contribution < 1.29 is 17.2 Å². The van der Waals surface area contributed by atoms with Crippen LogP contribution >= 0.6 is 11.6 Å². The molecule has 8 heteroatoms. The summed E-state index contributed by atoms with van der Waals surface area (Å²) >= 11 is 5.58. The van der Waals surface area contributed by atoms with Crippen molar-refractivity contribution in [3.05, 3.63) is 52.6 Å². The van der Waals surface area contributed by atoms with Gasteiger partial charge in [-0.3, -0.25) is 4.72 Å². The molecule has 0 amide bonds. The Hall–Kier alpha value is -1.86. The molecule has 2 aromatic rings. The van der Waals surface area contributed by atoms with E-state index in [1.807, 2.05) is 0 Å². The van der Waals surface area contributed by atoms with E-state index < -0.39 is 31.6 Å². The fraction of sp³-hybridized carbons (Fsp3) is 0.0769. The number of nitrogens with two attached hydrogens (primary N) is 1. The average Bonchev–Trinajstić information content (AvgIpc) is 2.37. The topological polar surface area (TPSA) is 72.2 Å². The molecular formula is C13H11ClF2N2O2S. The van der Waals surface area contributed by atoms with E-state index >= 15 is 0 Å². The van der Waals surface area contributed by atoms with E-state index in [2.05, 4.69) is 4.72 Å². The zero-order valence-electron chi connectivity index (χ0n) is 10.8. The Kier molecular flexibility index (Phi) is 4.06. The molecule has 0 spiro atoms. The SMILES string of the molecule is Cc1cc(NS(=O)(=O)c2cc(N)cc(Cl)c2F)ccc1F. The summed E-state index contributed by atoms with van der Waals surface area (Å²) in [5, 5.41) is -0.398. The van der Waals surface area contributed by atoms with Gasteiger partial charge in [-0.25, -0.2) is 17.2 Å². The number of benzene rings is 2. The normalized spacial score (nSPS) is 11.4. The van der Waals surface area contributed by atoms with Crippen LogP contribution in [0.3, 0.4) is 0 Å². The highest BCUT2D eigenvalue weighted by atomic mass is 35.5. The molecule has 0 bridgehead atoms. The van der Waals surface area contributed by atoms with Gasteiger partial charge in [-0.2, -0.15) is 0 Å². The highest BCUT2D eigenvalue weighted by molar-refractivity contribution is 7.92. The molecule has 3 N–H and O–H groups in total. The van der Waals surface area contributed by atoms with E-state index in [1.165, 1.54) is 19.1 Å². The van der Waals surface area contributed by atoms with Crippen molar-refractivity contribution in [2.75, 3.05) is 10.5 Å². The van der Waals surface area contributed by atoms with Gasteiger partial charge in [-0.15, -0.1) is 0 Å². The molecule has 2 rings (SSSR count). The van der Waals surface area contributed by atoms with Crippen LogP contribution in [0, 0.1) is 18.6 Å². The van der Waals surface area contributed by atoms with E-state index in [4.69, 9.17) is 17.3 Å². The van der Waals surface area contributed by atoms with Crippen LogP contribution in [0.25, 0.3) is 0 Å². The number of anilines is 2. The number of halogens is 3. The zero-order valence-corrected chi connectivity index (χ0v) is 12.4. The van der Waals surface area contributed by atoms with E-state index in [0.717, 1.165) is 18.2 Å². The Morgan fingerprint density at radius 2 is 1.86 bits per heavy atom. The average molecular weight is 333 g/mol. The van der Waals surface area contributed by atoms with E-state index in [1.54, 1.807) is 0 Å². The van der Waals surface area contributed by atoms with Crippen molar-refractivity contribution in [3.63, 3.8) is 0 Å². The molecular weight excluding hydrogens is 322 g/mol. The van der Waals surface area contributed by atoms with Gasteiger partial charge in [0.05, 0.1) is 5.02 Å². The minimum Gasteiger partial charge on any atom is -0.399 e. The van der Waals surface area contributed by atoms with Crippen LogP contribution in [0.5, 0.6) is 0 Å². The molecule has 0 aliphatic rings. The van der Waals surface area contributed by atoms with Crippen LogP contribution in [-0.4, -0.2) is 8.42 Å². The second-order valence-corrected chi connectivity index (χ2v) is 6.44. The minimum atomic E-state index is -4.23. The highest BCUT2D eigenvalue weighted by Crippen LogP contribution is 2.27. The van der Waals surface area contributed by atoms with Gasteiger partial charge in [0.15, 0.2) is 5.82 Å². The second-order valence-electron chi connectivity index (χ2n) is 4.38. The summed E-state index contributed by atoms with van der Waals surface area (Å²) in [7, 11) is -4.23. The third kappa shape index (κ3) is 3.25. The second kappa shape index (κ2) is 5.50. The molecule has 0 aliphatic heterocycles. The van der Waals surface area contributed by atoms with E-state index in [-0.39, 0.29) is 16.9 Å². The number of hydrogen-bond acceptors (Lipinski definition) is 3. The van der Waals surface area contributed by atoms with Crippen molar-refractivity contribution >= 4 is 33.0 Å². The third-order valence-electron chi connectivity index (χ3n) is 2.72. The lowest BCUT2D eigenvalue weighted by Crippen LogP contribution is -2.15. The largest absolute Gasteiger partial charge is 0.399 e. The molecule has 0 unspecified atom stereocenters. The molecule has 0 atom stereocenters. The first-order chi connectivity index (χ1) is 9.70. The Bertz CT molecular complexity index is 810. The van der Waals surface area contributed by atoms with Crippen LogP contribution in [0.4, 0.5) is 20.2 Å². The number of aryl methyl sites for hydroxylation is 1. The van der Waals surface area contributed by atoms with Crippen molar-refractivity contribution in [2.24, 2.45) is 0 Å². The molecule has 4 nitrogen and oxygen atoms in total. The monoisotopic (exact) mass is 332 g/mol. The number of nitrogens with one attached hydrogen (secondary N) is 1. The molecule has 0 radical (unpaired) electrons. The molecule has 0 aromatic heterocycles. The smallest absolute Gasteiger partial charge is 0.264 e. The molecule has 2 aromatic carbocycles.